The Bertz CT molecular complexity index is 277. The summed E-state index contributed by atoms with van der Waals surface area (Å²) in [6, 6.07) is 0. The van der Waals surface area contributed by atoms with Gasteiger partial charge in [0.1, 0.15) is 0 Å². The Morgan fingerprint density at radius 1 is 0.591 bits per heavy atom. The molecular formula is C14H20Cl8. The minimum atomic E-state index is -0.335. The topological polar surface area (TPSA) is 0 Å². The third kappa shape index (κ3) is 6.24. The van der Waals surface area contributed by atoms with Crippen molar-refractivity contribution in [1.29, 1.82) is 0 Å². The number of halogens is 8. The van der Waals surface area contributed by atoms with Crippen LogP contribution >= 0.6 is 92.8 Å². The van der Waals surface area contributed by atoms with Crippen molar-refractivity contribution in [2.24, 2.45) is 11.8 Å². The summed E-state index contributed by atoms with van der Waals surface area (Å²) in [5.74, 6) is 1.23. The summed E-state index contributed by atoms with van der Waals surface area (Å²) in [6.45, 7) is 0. The van der Waals surface area contributed by atoms with E-state index in [2.05, 4.69) is 0 Å². The molecule has 22 heavy (non-hydrogen) atoms. The molecule has 1 rings (SSSR count). The summed E-state index contributed by atoms with van der Waals surface area (Å²) in [4.78, 5) is 0. The van der Waals surface area contributed by atoms with Gasteiger partial charge >= 0.3 is 0 Å². The smallest absolute Gasteiger partial charge is 0.0677 e. The number of hydrogen-bond donors (Lipinski definition) is 0. The van der Waals surface area contributed by atoms with E-state index in [0.29, 0.717) is 23.6 Å². The minimum absolute atomic E-state index is 0.187. The average Bonchev–Trinajstić information content (AvgIpc) is 2.57. The number of rotatable bonds is 8. The van der Waals surface area contributed by atoms with E-state index in [4.69, 9.17) is 92.8 Å². The van der Waals surface area contributed by atoms with E-state index in [1.54, 1.807) is 0 Å². The zero-order valence-corrected chi connectivity index (χ0v) is 17.9. The monoisotopic (exact) mass is 468 g/mol. The van der Waals surface area contributed by atoms with Crippen LogP contribution in [0.4, 0.5) is 0 Å². The predicted molar refractivity (Wildman–Crippen MR) is 105 cm³/mol. The predicted octanol–water partition coefficient (Wildman–Crippen LogP) is 6.91. The van der Waals surface area contributed by atoms with E-state index in [9.17, 15) is 0 Å². The van der Waals surface area contributed by atoms with Crippen LogP contribution < -0.4 is 0 Å². The average molecular weight is 472 g/mol. The van der Waals surface area contributed by atoms with Gasteiger partial charge in [-0.2, -0.15) is 0 Å². The fourth-order valence-electron chi connectivity index (χ4n) is 2.87. The highest BCUT2D eigenvalue weighted by Gasteiger charge is 2.37. The summed E-state index contributed by atoms with van der Waals surface area (Å²) in [6.07, 6.45) is 3.81. The van der Waals surface area contributed by atoms with Gasteiger partial charge in [-0.05, 0) is 37.5 Å². The zero-order valence-electron chi connectivity index (χ0n) is 11.9. The lowest BCUT2D eigenvalue weighted by atomic mass is 9.77. The van der Waals surface area contributed by atoms with Crippen LogP contribution in [0.3, 0.4) is 0 Å². The van der Waals surface area contributed by atoms with Gasteiger partial charge < -0.3 is 0 Å². The van der Waals surface area contributed by atoms with Gasteiger partial charge in [0.2, 0.25) is 0 Å². The van der Waals surface area contributed by atoms with Crippen molar-refractivity contribution in [3.8, 4) is 0 Å². The summed E-state index contributed by atoms with van der Waals surface area (Å²) >= 11 is 49.2. The fourth-order valence-corrected chi connectivity index (χ4v) is 5.34. The Kier molecular flexibility index (Phi) is 11.3. The first kappa shape index (κ1) is 22.4. The molecule has 6 atom stereocenters. The summed E-state index contributed by atoms with van der Waals surface area (Å²) in [5.41, 5.74) is 0. The lowest BCUT2D eigenvalue weighted by Gasteiger charge is -2.36. The maximum absolute atomic E-state index is 6.47. The molecule has 0 bridgehead atoms. The van der Waals surface area contributed by atoms with Crippen LogP contribution in [0.1, 0.15) is 25.7 Å². The maximum atomic E-state index is 6.47. The Balaban J connectivity index is 2.49. The van der Waals surface area contributed by atoms with Crippen molar-refractivity contribution in [2.75, 3.05) is 11.8 Å². The van der Waals surface area contributed by atoms with Crippen LogP contribution in [0.15, 0.2) is 0 Å². The van der Waals surface area contributed by atoms with Crippen LogP contribution in [0.25, 0.3) is 0 Å². The van der Waals surface area contributed by atoms with Gasteiger partial charge in [0.05, 0.1) is 32.3 Å². The van der Waals surface area contributed by atoms with Crippen molar-refractivity contribution < 1.29 is 0 Å². The second-order valence-electron chi connectivity index (χ2n) is 5.79. The van der Waals surface area contributed by atoms with Crippen LogP contribution in [-0.2, 0) is 0 Å². The Morgan fingerprint density at radius 3 is 1.09 bits per heavy atom. The Morgan fingerprint density at radius 2 is 0.864 bits per heavy atom. The van der Waals surface area contributed by atoms with Crippen LogP contribution in [0.5, 0.6) is 0 Å². The lowest BCUT2D eigenvalue weighted by Crippen LogP contribution is -2.38. The van der Waals surface area contributed by atoms with E-state index in [1.807, 2.05) is 0 Å². The molecule has 1 fully saturated rings. The van der Waals surface area contributed by atoms with E-state index in [1.165, 1.54) is 0 Å². The lowest BCUT2D eigenvalue weighted by molar-refractivity contribution is 0.255. The summed E-state index contributed by atoms with van der Waals surface area (Å²) in [5, 5.41) is -1.69. The van der Waals surface area contributed by atoms with Gasteiger partial charge in [-0.1, -0.05) is 0 Å². The highest BCUT2D eigenvalue weighted by atomic mass is 35.5. The van der Waals surface area contributed by atoms with Crippen LogP contribution in [0, 0.1) is 11.8 Å². The molecule has 0 aromatic carbocycles. The molecule has 0 N–H and O–H groups in total. The fraction of sp³-hybridized carbons (Fsp3) is 1.00. The second kappa shape index (κ2) is 11.1. The summed E-state index contributed by atoms with van der Waals surface area (Å²) < 4.78 is 0. The van der Waals surface area contributed by atoms with Crippen molar-refractivity contribution >= 4 is 92.8 Å². The normalized spacial score (nSPS) is 31.1. The first-order valence-electron chi connectivity index (χ1n) is 7.29. The van der Waals surface area contributed by atoms with Gasteiger partial charge in [-0.25, -0.2) is 0 Å². The molecule has 0 aromatic heterocycles. The number of alkyl halides is 8. The van der Waals surface area contributed by atoms with E-state index in [0.717, 1.165) is 25.7 Å². The van der Waals surface area contributed by atoms with Gasteiger partial charge in [0.25, 0.3) is 0 Å². The second-order valence-corrected chi connectivity index (χ2v) is 9.55. The molecule has 0 radical (unpaired) electrons. The van der Waals surface area contributed by atoms with Crippen LogP contribution in [0.2, 0.25) is 0 Å². The molecule has 1 aliphatic rings. The molecule has 0 aromatic rings. The molecule has 0 heterocycles. The largest absolute Gasteiger partial charge is 0.125 e. The van der Waals surface area contributed by atoms with Crippen molar-refractivity contribution in [3.63, 3.8) is 0 Å². The van der Waals surface area contributed by atoms with Crippen molar-refractivity contribution in [3.05, 3.63) is 0 Å². The zero-order chi connectivity index (χ0) is 16.9. The van der Waals surface area contributed by atoms with Gasteiger partial charge in [-0.15, -0.1) is 92.8 Å². The van der Waals surface area contributed by atoms with E-state index >= 15 is 0 Å². The SMILES string of the molecule is ClCC(Cl)C(Cl)C(Cl)C1CCC(C(Cl)C(Cl)C(Cl)CCl)CC1. The highest BCUT2D eigenvalue weighted by molar-refractivity contribution is 6.38. The molecule has 0 nitrogen and oxygen atoms in total. The quantitative estimate of drug-likeness (QED) is 0.337. The van der Waals surface area contributed by atoms with Gasteiger partial charge in [0, 0.05) is 11.8 Å². The molecule has 0 amide bonds. The molecular weight excluding hydrogens is 452 g/mol. The molecule has 132 valence electrons. The molecule has 8 heteroatoms. The van der Waals surface area contributed by atoms with E-state index < -0.39 is 0 Å². The minimum Gasteiger partial charge on any atom is -0.125 e. The molecule has 6 unspecified atom stereocenters. The molecule has 0 aliphatic heterocycles. The molecule has 0 saturated heterocycles. The number of hydrogen-bond acceptors (Lipinski definition) is 0. The molecule has 0 spiro atoms. The van der Waals surface area contributed by atoms with Crippen molar-refractivity contribution in [1.82, 2.24) is 0 Å². The third-order valence-electron chi connectivity index (χ3n) is 4.31. The Hall–Kier alpha value is 2.32. The van der Waals surface area contributed by atoms with Crippen molar-refractivity contribution in [2.45, 2.75) is 57.9 Å². The van der Waals surface area contributed by atoms with E-state index in [-0.39, 0.29) is 32.3 Å². The molecule has 1 aliphatic carbocycles. The first-order chi connectivity index (χ1) is 10.3. The highest BCUT2D eigenvalue weighted by Crippen LogP contribution is 2.41. The Labute approximate surface area is 173 Å². The maximum Gasteiger partial charge on any atom is 0.0677 e. The first-order valence-corrected chi connectivity index (χ1v) is 11.0. The standard InChI is InChI=1S/C14H20Cl8/c15-5-9(17)13(21)11(19)7-1-2-8(4-3-7)12(20)14(22)10(18)6-16/h7-14H,1-6H2. The van der Waals surface area contributed by atoms with Crippen LogP contribution in [-0.4, -0.2) is 44.0 Å². The molecule has 1 saturated carbocycles. The van der Waals surface area contributed by atoms with Gasteiger partial charge in [0.15, 0.2) is 0 Å². The van der Waals surface area contributed by atoms with Gasteiger partial charge in [-0.3, -0.25) is 0 Å². The third-order valence-corrected chi connectivity index (χ3v) is 9.07. The summed E-state index contributed by atoms with van der Waals surface area (Å²) in [7, 11) is 0.